The zero-order valence-corrected chi connectivity index (χ0v) is 15.8. The Hall–Kier alpha value is -3.57. The maximum atomic E-state index is 13.1. The predicted octanol–water partition coefficient (Wildman–Crippen LogP) is 5.60. The number of cyclic esters (lactones) is 1. The smallest absolute Gasteiger partial charge is 0.340 e. The average Bonchev–Trinajstić information content (AvgIpc) is 3.27. The predicted molar refractivity (Wildman–Crippen MR) is 109 cm³/mol. The highest BCUT2D eigenvalue weighted by atomic mass is 35.5. The van der Waals surface area contributed by atoms with Crippen molar-refractivity contribution in [2.45, 2.75) is 6.23 Å². The van der Waals surface area contributed by atoms with E-state index in [-0.39, 0.29) is 11.5 Å². The van der Waals surface area contributed by atoms with Crippen molar-refractivity contribution in [3.63, 3.8) is 0 Å². The molecule has 1 N–H and O–H groups in total. The van der Waals surface area contributed by atoms with Gasteiger partial charge in [-0.05, 0) is 42.5 Å². The monoisotopic (exact) mass is 403 g/mol. The van der Waals surface area contributed by atoms with Crippen molar-refractivity contribution in [2.75, 3.05) is 5.32 Å². The molecule has 0 fully saturated rings. The fraction of sp³-hybridized carbons (Fsp3) is 0.0435. The molecular weight excluding hydrogens is 390 g/mol. The number of para-hydroxylation sites is 1. The van der Waals surface area contributed by atoms with Crippen LogP contribution in [-0.4, -0.2) is 11.8 Å². The molecule has 0 spiro atoms. The SMILES string of the molecule is O=C1OC(Nc2c(C(=O)c3ccc(Cl)cc3)oc3ccccc23)c2ccccc21. The minimum Gasteiger partial charge on any atom is -0.450 e. The van der Waals surface area contributed by atoms with Gasteiger partial charge in [0.15, 0.2) is 5.76 Å². The van der Waals surface area contributed by atoms with E-state index in [1.54, 1.807) is 42.5 Å². The van der Waals surface area contributed by atoms with Gasteiger partial charge in [-0.1, -0.05) is 41.9 Å². The first-order chi connectivity index (χ1) is 14.1. The Morgan fingerprint density at radius 1 is 0.931 bits per heavy atom. The largest absolute Gasteiger partial charge is 0.450 e. The lowest BCUT2D eigenvalue weighted by molar-refractivity contribution is 0.0437. The highest BCUT2D eigenvalue weighted by molar-refractivity contribution is 6.30. The number of esters is 1. The molecule has 0 amide bonds. The fourth-order valence-corrected chi connectivity index (χ4v) is 3.59. The zero-order valence-electron chi connectivity index (χ0n) is 15.0. The first-order valence-corrected chi connectivity index (χ1v) is 9.38. The Bertz CT molecular complexity index is 1260. The lowest BCUT2D eigenvalue weighted by Crippen LogP contribution is -2.13. The third-order valence-electron chi connectivity index (χ3n) is 4.87. The van der Waals surface area contributed by atoms with Crippen molar-refractivity contribution in [1.29, 1.82) is 0 Å². The molecule has 5 rings (SSSR count). The summed E-state index contributed by atoms with van der Waals surface area (Å²) in [6.07, 6.45) is -0.712. The van der Waals surface area contributed by atoms with E-state index >= 15 is 0 Å². The molecular formula is C23H14ClNO4. The Kier molecular flexibility index (Phi) is 4.11. The molecule has 4 aromatic rings. The lowest BCUT2D eigenvalue weighted by Gasteiger charge is -2.14. The number of fused-ring (bicyclic) bond motifs is 2. The lowest BCUT2D eigenvalue weighted by atomic mass is 10.1. The summed E-state index contributed by atoms with van der Waals surface area (Å²) in [6.45, 7) is 0. The fourth-order valence-electron chi connectivity index (χ4n) is 3.46. The van der Waals surface area contributed by atoms with E-state index in [4.69, 9.17) is 20.8 Å². The molecule has 1 atom stereocenters. The number of carbonyl (C=O) groups is 2. The second-order valence-corrected chi connectivity index (χ2v) is 7.09. The molecule has 2 heterocycles. The average molecular weight is 404 g/mol. The van der Waals surface area contributed by atoms with Gasteiger partial charge in [0.1, 0.15) is 5.58 Å². The van der Waals surface area contributed by atoms with E-state index in [1.165, 1.54) is 0 Å². The van der Waals surface area contributed by atoms with Crippen molar-refractivity contribution in [2.24, 2.45) is 0 Å². The number of furan rings is 1. The first-order valence-electron chi connectivity index (χ1n) is 9.00. The molecule has 29 heavy (non-hydrogen) atoms. The van der Waals surface area contributed by atoms with Crippen LogP contribution in [0, 0.1) is 0 Å². The number of hydrogen-bond donors (Lipinski definition) is 1. The Morgan fingerprint density at radius 3 is 2.48 bits per heavy atom. The van der Waals surface area contributed by atoms with Gasteiger partial charge in [0.05, 0.1) is 11.3 Å². The normalized spacial score (nSPS) is 15.2. The molecule has 0 aliphatic carbocycles. The number of rotatable bonds is 4. The van der Waals surface area contributed by atoms with Gasteiger partial charge in [-0.15, -0.1) is 0 Å². The number of ether oxygens (including phenoxy) is 1. The summed E-state index contributed by atoms with van der Waals surface area (Å²) in [5.41, 5.74) is 2.70. The highest BCUT2D eigenvalue weighted by Gasteiger charge is 2.33. The molecule has 3 aromatic carbocycles. The quantitative estimate of drug-likeness (QED) is 0.355. The van der Waals surface area contributed by atoms with Crippen molar-refractivity contribution in [3.8, 4) is 0 Å². The molecule has 1 unspecified atom stereocenters. The zero-order chi connectivity index (χ0) is 20.0. The van der Waals surface area contributed by atoms with Gasteiger partial charge >= 0.3 is 5.97 Å². The number of hydrogen-bond acceptors (Lipinski definition) is 5. The second kappa shape index (κ2) is 6.79. The van der Waals surface area contributed by atoms with Crippen LogP contribution in [0.3, 0.4) is 0 Å². The molecule has 0 radical (unpaired) electrons. The third kappa shape index (κ3) is 2.96. The van der Waals surface area contributed by atoms with E-state index in [2.05, 4.69) is 5.32 Å². The summed E-state index contributed by atoms with van der Waals surface area (Å²) in [4.78, 5) is 25.3. The van der Waals surface area contributed by atoms with Crippen LogP contribution in [-0.2, 0) is 4.74 Å². The summed E-state index contributed by atoms with van der Waals surface area (Å²) in [6, 6.07) is 21.1. The van der Waals surface area contributed by atoms with Crippen LogP contribution in [0.25, 0.3) is 11.0 Å². The van der Waals surface area contributed by atoms with Gasteiger partial charge in [0.2, 0.25) is 12.0 Å². The van der Waals surface area contributed by atoms with Crippen LogP contribution >= 0.6 is 11.6 Å². The van der Waals surface area contributed by atoms with Gasteiger partial charge in [0, 0.05) is 21.5 Å². The van der Waals surface area contributed by atoms with Crippen LogP contribution < -0.4 is 5.32 Å². The molecule has 0 bridgehead atoms. The molecule has 0 saturated heterocycles. The summed E-state index contributed by atoms with van der Waals surface area (Å²) < 4.78 is 11.4. The van der Waals surface area contributed by atoms with Crippen LogP contribution in [0.2, 0.25) is 5.02 Å². The van der Waals surface area contributed by atoms with Gasteiger partial charge in [-0.25, -0.2) is 4.79 Å². The van der Waals surface area contributed by atoms with Crippen molar-refractivity contribution < 1.29 is 18.7 Å². The van der Waals surface area contributed by atoms with E-state index in [0.717, 1.165) is 5.39 Å². The van der Waals surface area contributed by atoms with Crippen LogP contribution in [0.1, 0.15) is 38.3 Å². The molecule has 1 aliphatic rings. The molecule has 6 heteroatoms. The Morgan fingerprint density at radius 2 is 1.66 bits per heavy atom. The highest BCUT2D eigenvalue weighted by Crippen LogP contribution is 2.38. The minimum absolute atomic E-state index is 0.147. The van der Waals surface area contributed by atoms with Crippen molar-refractivity contribution in [3.05, 3.63) is 100 Å². The topological polar surface area (TPSA) is 68.5 Å². The second-order valence-electron chi connectivity index (χ2n) is 6.66. The maximum Gasteiger partial charge on any atom is 0.340 e. The minimum atomic E-state index is -0.712. The summed E-state index contributed by atoms with van der Waals surface area (Å²) >= 11 is 5.94. The van der Waals surface area contributed by atoms with Gasteiger partial charge in [0.25, 0.3) is 0 Å². The Labute approximate surface area is 170 Å². The summed E-state index contributed by atoms with van der Waals surface area (Å²) in [5.74, 6) is -0.552. The standard InChI is InChI=1S/C23H14ClNO4/c24-14-11-9-13(10-12-14)20(26)21-19(17-7-3-4-8-18(17)28-21)25-22-15-5-1-2-6-16(15)23(27)29-22/h1-12,22,25H. The van der Waals surface area contributed by atoms with Crippen LogP contribution in [0.5, 0.6) is 0 Å². The van der Waals surface area contributed by atoms with Crippen molar-refractivity contribution >= 4 is 40.0 Å². The maximum absolute atomic E-state index is 13.1. The molecule has 0 saturated carbocycles. The molecule has 5 nitrogen and oxygen atoms in total. The summed E-state index contributed by atoms with van der Waals surface area (Å²) in [7, 11) is 0. The molecule has 142 valence electrons. The number of ketones is 1. The van der Waals surface area contributed by atoms with E-state index in [0.29, 0.717) is 33.0 Å². The van der Waals surface area contributed by atoms with Gasteiger partial charge < -0.3 is 14.5 Å². The Balaban J connectivity index is 1.60. The number of nitrogens with one attached hydrogen (secondary N) is 1. The first kappa shape index (κ1) is 17.5. The summed E-state index contributed by atoms with van der Waals surface area (Å²) in [5, 5.41) is 4.47. The van der Waals surface area contributed by atoms with E-state index in [9.17, 15) is 9.59 Å². The number of carbonyl (C=O) groups excluding carboxylic acids is 2. The van der Waals surface area contributed by atoms with E-state index < -0.39 is 12.2 Å². The third-order valence-corrected chi connectivity index (χ3v) is 5.12. The number of anilines is 1. The van der Waals surface area contributed by atoms with E-state index in [1.807, 2.05) is 30.3 Å². The van der Waals surface area contributed by atoms with Crippen LogP contribution in [0.4, 0.5) is 5.69 Å². The number of benzene rings is 3. The molecule has 1 aromatic heterocycles. The van der Waals surface area contributed by atoms with Crippen molar-refractivity contribution in [1.82, 2.24) is 0 Å². The molecule has 1 aliphatic heterocycles. The van der Waals surface area contributed by atoms with Gasteiger partial charge in [-0.3, -0.25) is 4.79 Å². The van der Waals surface area contributed by atoms with Crippen LogP contribution in [0.15, 0.2) is 77.2 Å². The van der Waals surface area contributed by atoms with Gasteiger partial charge in [-0.2, -0.15) is 0 Å². The number of halogens is 1.